The first kappa shape index (κ1) is 39.3. The van der Waals surface area contributed by atoms with Gasteiger partial charge in [0.15, 0.2) is 18.0 Å². The Labute approximate surface area is 288 Å². The van der Waals surface area contributed by atoms with Gasteiger partial charge < -0.3 is 42.3 Å². The highest BCUT2D eigenvalue weighted by molar-refractivity contribution is 5.87. The van der Waals surface area contributed by atoms with E-state index in [1.807, 2.05) is 26.8 Å². The second-order valence-electron chi connectivity index (χ2n) is 11.7. The SMILES string of the molecule is CC(=O)OC[C@H]1O[C@@H](Oc2c(OC(C)=O)c(=O)oc3cc(OC/C=C(\C)CCC=C(C)C)ccc23)[C@H](OC(C)=O)[C@@H](OC(C)=O)[C@H]1OC(C)=O. The molecule has 0 N–H and O–H groups in total. The van der Waals surface area contributed by atoms with Crippen molar-refractivity contribution in [2.24, 2.45) is 0 Å². The number of allylic oxidation sites excluding steroid dienone is 3. The third-order valence-electron chi connectivity index (χ3n) is 6.99. The highest BCUT2D eigenvalue weighted by Gasteiger charge is 2.53. The summed E-state index contributed by atoms with van der Waals surface area (Å²) in [5.41, 5.74) is 1.22. The first-order valence-electron chi connectivity index (χ1n) is 15.7. The molecule has 0 spiro atoms. The minimum atomic E-state index is -1.73. The van der Waals surface area contributed by atoms with Gasteiger partial charge >= 0.3 is 35.5 Å². The molecule has 1 aromatic heterocycles. The summed E-state index contributed by atoms with van der Waals surface area (Å²) in [4.78, 5) is 73.5. The molecule has 1 aromatic carbocycles. The van der Waals surface area contributed by atoms with Gasteiger partial charge in [-0.25, -0.2) is 4.79 Å². The van der Waals surface area contributed by atoms with E-state index in [0.717, 1.165) is 53.0 Å². The summed E-state index contributed by atoms with van der Waals surface area (Å²) in [6, 6.07) is 4.47. The summed E-state index contributed by atoms with van der Waals surface area (Å²) in [7, 11) is 0. The van der Waals surface area contributed by atoms with Crippen LogP contribution in [0.5, 0.6) is 17.2 Å². The first-order valence-corrected chi connectivity index (χ1v) is 15.7. The summed E-state index contributed by atoms with van der Waals surface area (Å²) in [5, 5.41) is 0.106. The Morgan fingerprint density at radius 2 is 1.40 bits per heavy atom. The van der Waals surface area contributed by atoms with Crippen LogP contribution in [0.3, 0.4) is 0 Å². The smallest absolute Gasteiger partial charge is 0.383 e. The van der Waals surface area contributed by atoms with Gasteiger partial charge in [-0.05, 0) is 51.8 Å². The van der Waals surface area contributed by atoms with Crippen LogP contribution in [-0.2, 0) is 47.7 Å². The molecule has 1 fully saturated rings. The Hall–Kier alpha value is -5.18. The van der Waals surface area contributed by atoms with E-state index < -0.39 is 78.5 Å². The van der Waals surface area contributed by atoms with Crippen molar-refractivity contribution in [3.63, 3.8) is 0 Å². The van der Waals surface area contributed by atoms with Crippen molar-refractivity contribution in [2.45, 2.75) is 98.9 Å². The number of esters is 5. The summed E-state index contributed by atoms with van der Waals surface area (Å²) in [6.07, 6.45) is -1.86. The summed E-state index contributed by atoms with van der Waals surface area (Å²) in [6.45, 7) is 11.2. The molecule has 272 valence electrons. The molecule has 15 heteroatoms. The second kappa shape index (κ2) is 18.0. The maximum atomic E-state index is 13.2. The molecule has 2 heterocycles. The van der Waals surface area contributed by atoms with Gasteiger partial charge in [-0.1, -0.05) is 17.2 Å². The summed E-state index contributed by atoms with van der Waals surface area (Å²) < 4.78 is 50.0. The lowest BCUT2D eigenvalue weighted by molar-refractivity contribution is -0.288. The van der Waals surface area contributed by atoms with E-state index in [-0.39, 0.29) is 23.3 Å². The van der Waals surface area contributed by atoms with E-state index in [2.05, 4.69) is 6.08 Å². The fraction of sp³-hybridized carbons (Fsp3) is 0.486. The minimum Gasteiger partial charge on any atom is -0.489 e. The highest BCUT2D eigenvalue weighted by atomic mass is 16.7. The van der Waals surface area contributed by atoms with Crippen molar-refractivity contribution in [2.75, 3.05) is 13.2 Å². The van der Waals surface area contributed by atoms with Crippen molar-refractivity contribution in [1.82, 2.24) is 0 Å². The normalized spacial score (nSPS) is 20.2. The average Bonchev–Trinajstić information content (AvgIpc) is 2.99. The maximum absolute atomic E-state index is 13.2. The van der Waals surface area contributed by atoms with Crippen LogP contribution in [0, 0.1) is 0 Å². The third kappa shape index (κ3) is 11.5. The predicted octanol–water partition coefficient (Wildman–Crippen LogP) is 4.25. The van der Waals surface area contributed by atoms with Crippen LogP contribution in [-0.4, -0.2) is 73.8 Å². The predicted molar refractivity (Wildman–Crippen MR) is 174 cm³/mol. The lowest BCUT2D eigenvalue weighted by Crippen LogP contribution is -2.63. The van der Waals surface area contributed by atoms with Gasteiger partial charge in [0.1, 0.15) is 30.7 Å². The van der Waals surface area contributed by atoms with Gasteiger partial charge in [-0.15, -0.1) is 0 Å². The molecule has 1 aliphatic heterocycles. The monoisotopic (exact) mass is 702 g/mol. The number of fused-ring (bicyclic) bond motifs is 1. The molecule has 1 saturated heterocycles. The molecule has 0 amide bonds. The van der Waals surface area contributed by atoms with Crippen LogP contribution in [0.15, 0.2) is 50.7 Å². The number of hydrogen-bond acceptors (Lipinski definition) is 15. The van der Waals surface area contributed by atoms with E-state index in [9.17, 15) is 28.8 Å². The first-order chi connectivity index (χ1) is 23.5. The largest absolute Gasteiger partial charge is 0.489 e. The summed E-state index contributed by atoms with van der Waals surface area (Å²) >= 11 is 0. The lowest BCUT2D eigenvalue weighted by Gasteiger charge is -2.44. The van der Waals surface area contributed by atoms with Crippen LogP contribution in [0.4, 0.5) is 0 Å². The zero-order valence-corrected chi connectivity index (χ0v) is 29.2. The van der Waals surface area contributed by atoms with Gasteiger partial charge in [-0.3, -0.25) is 24.0 Å². The van der Waals surface area contributed by atoms with Gasteiger partial charge in [-0.2, -0.15) is 0 Å². The molecule has 15 nitrogen and oxygen atoms in total. The van der Waals surface area contributed by atoms with Gasteiger partial charge in [0.25, 0.3) is 5.75 Å². The molecule has 0 saturated carbocycles. The van der Waals surface area contributed by atoms with Crippen molar-refractivity contribution >= 4 is 40.8 Å². The van der Waals surface area contributed by atoms with E-state index in [0.29, 0.717) is 5.75 Å². The number of ether oxygens (including phenoxy) is 8. The van der Waals surface area contributed by atoms with E-state index in [4.69, 9.17) is 42.3 Å². The molecule has 0 unspecified atom stereocenters. The molecule has 0 bridgehead atoms. The second-order valence-corrected chi connectivity index (χ2v) is 11.7. The van der Waals surface area contributed by atoms with Crippen molar-refractivity contribution < 1.29 is 66.3 Å². The Kier molecular flexibility index (Phi) is 14.1. The van der Waals surface area contributed by atoms with Crippen molar-refractivity contribution in [3.8, 4) is 17.2 Å². The molecule has 2 aromatic rings. The van der Waals surface area contributed by atoms with E-state index in [1.165, 1.54) is 17.7 Å². The Morgan fingerprint density at radius 1 is 0.760 bits per heavy atom. The number of rotatable bonds is 14. The van der Waals surface area contributed by atoms with Crippen molar-refractivity contribution in [3.05, 3.63) is 51.9 Å². The number of hydrogen-bond donors (Lipinski definition) is 0. The molecular formula is C35H42O15. The minimum absolute atomic E-state index is 0.0340. The van der Waals surface area contributed by atoms with Crippen molar-refractivity contribution in [1.29, 1.82) is 0 Å². The number of carbonyl (C=O) groups is 5. The standard InChI is InChI=1S/C35H42O15/c1-18(2)10-9-11-19(3)14-15-42-25-12-13-26-27(16-25)48-34(41)32(46-23(7)39)29(26)50-35-33(47-24(8)40)31(45-22(6)38)30(44-21(5)37)28(49-35)17-43-20(4)36/h10,12-14,16,28,30-31,33,35H,9,11,15,17H2,1-8H3/b19-14+/t28-,30+,31+,33-,35+/m1/s1. The van der Waals surface area contributed by atoms with Crippen LogP contribution < -0.4 is 19.8 Å². The zero-order valence-electron chi connectivity index (χ0n) is 29.2. The molecule has 3 rings (SSSR count). The Morgan fingerprint density at radius 3 is 2.00 bits per heavy atom. The average molecular weight is 703 g/mol. The Balaban J connectivity index is 2.09. The zero-order chi connectivity index (χ0) is 37.1. The molecule has 5 atom stereocenters. The number of benzene rings is 1. The fourth-order valence-electron chi connectivity index (χ4n) is 4.94. The molecule has 50 heavy (non-hydrogen) atoms. The van der Waals surface area contributed by atoms with Crippen LogP contribution in [0.2, 0.25) is 0 Å². The topological polar surface area (TPSA) is 189 Å². The van der Waals surface area contributed by atoms with E-state index in [1.54, 1.807) is 6.07 Å². The quantitative estimate of drug-likeness (QED) is 0.117. The molecular weight excluding hydrogens is 660 g/mol. The fourth-order valence-corrected chi connectivity index (χ4v) is 4.94. The molecule has 0 radical (unpaired) electrons. The van der Waals surface area contributed by atoms with Crippen LogP contribution in [0.25, 0.3) is 11.0 Å². The van der Waals surface area contributed by atoms with Gasteiger partial charge in [0.05, 0.1) is 5.39 Å². The number of carbonyl (C=O) groups excluding carboxylic acids is 5. The lowest BCUT2D eigenvalue weighted by atomic mass is 9.98. The highest BCUT2D eigenvalue weighted by Crippen LogP contribution is 2.38. The maximum Gasteiger partial charge on any atom is 0.383 e. The Bertz CT molecular complexity index is 1700. The van der Waals surface area contributed by atoms with Gasteiger partial charge in [0.2, 0.25) is 12.4 Å². The van der Waals surface area contributed by atoms with Crippen LogP contribution >= 0.6 is 0 Å². The molecule has 1 aliphatic rings. The van der Waals surface area contributed by atoms with E-state index >= 15 is 0 Å². The van der Waals surface area contributed by atoms with Crippen LogP contribution in [0.1, 0.15) is 68.2 Å². The molecule has 0 aliphatic carbocycles. The van der Waals surface area contributed by atoms with Gasteiger partial charge in [0, 0.05) is 40.7 Å². The summed E-state index contributed by atoms with van der Waals surface area (Å²) in [5.74, 6) is -4.84. The third-order valence-corrected chi connectivity index (χ3v) is 6.99.